The second-order valence-electron chi connectivity index (χ2n) is 2.83. The highest BCUT2D eigenvalue weighted by atomic mass is 16.6. The average molecular weight is 189 g/mol. The van der Waals surface area contributed by atoms with Crippen LogP contribution in [0.1, 0.15) is 5.69 Å². The highest BCUT2D eigenvalue weighted by molar-refractivity contribution is 5.80. The number of nitrogens with zero attached hydrogens (tertiary/aromatic N) is 3. The van der Waals surface area contributed by atoms with Crippen molar-refractivity contribution in [1.29, 1.82) is 0 Å². The van der Waals surface area contributed by atoms with Gasteiger partial charge in [-0.25, -0.2) is 9.97 Å². The molecule has 0 unspecified atom stereocenters. The summed E-state index contributed by atoms with van der Waals surface area (Å²) in [6.07, 6.45) is 1.35. The standard InChI is InChI=1S/C9H7N3O2/c13-12(14)5-9-7-3-1-2-4-8(7)10-6-11-9/h1-4,6H,5H2. The van der Waals surface area contributed by atoms with Crippen LogP contribution in [-0.2, 0) is 6.54 Å². The molecule has 2 rings (SSSR count). The molecule has 0 N–H and O–H groups in total. The summed E-state index contributed by atoms with van der Waals surface area (Å²) < 4.78 is 0. The van der Waals surface area contributed by atoms with E-state index in [-0.39, 0.29) is 6.54 Å². The number of para-hydroxylation sites is 1. The third kappa shape index (κ3) is 1.52. The van der Waals surface area contributed by atoms with Crippen molar-refractivity contribution in [3.8, 4) is 0 Å². The number of aromatic nitrogens is 2. The minimum absolute atomic E-state index is 0.261. The summed E-state index contributed by atoms with van der Waals surface area (Å²) in [4.78, 5) is 17.9. The first-order valence-electron chi connectivity index (χ1n) is 4.08. The zero-order valence-electron chi connectivity index (χ0n) is 7.25. The van der Waals surface area contributed by atoms with Crippen molar-refractivity contribution in [2.75, 3.05) is 0 Å². The van der Waals surface area contributed by atoms with Gasteiger partial charge in [0.15, 0.2) is 0 Å². The van der Waals surface area contributed by atoms with E-state index in [4.69, 9.17) is 0 Å². The van der Waals surface area contributed by atoms with Gasteiger partial charge in [-0.05, 0) is 6.07 Å². The smallest absolute Gasteiger partial charge is 0.246 e. The van der Waals surface area contributed by atoms with Gasteiger partial charge in [0.1, 0.15) is 12.0 Å². The summed E-state index contributed by atoms with van der Waals surface area (Å²) in [5, 5.41) is 11.1. The molecule has 0 aliphatic heterocycles. The fraction of sp³-hybridized carbons (Fsp3) is 0.111. The molecule has 0 radical (unpaired) electrons. The van der Waals surface area contributed by atoms with Gasteiger partial charge in [-0.1, -0.05) is 18.2 Å². The fourth-order valence-electron chi connectivity index (χ4n) is 1.31. The van der Waals surface area contributed by atoms with Crippen LogP contribution in [0.4, 0.5) is 0 Å². The highest BCUT2D eigenvalue weighted by Crippen LogP contribution is 2.13. The summed E-state index contributed by atoms with van der Waals surface area (Å²) in [5.74, 6) is 0. The molecule has 14 heavy (non-hydrogen) atoms. The summed E-state index contributed by atoms with van der Waals surface area (Å²) in [5.41, 5.74) is 1.19. The van der Waals surface area contributed by atoms with E-state index < -0.39 is 4.92 Å². The molecule has 70 valence electrons. The van der Waals surface area contributed by atoms with Gasteiger partial charge in [-0.3, -0.25) is 10.1 Å². The predicted octanol–water partition coefficient (Wildman–Crippen LogP) is 1.41. The molecule has 0 saturated heterocycles. The van der Waals surface area contributed by atoms with Crippen LogP contribution < -0.4 is 0 Å². The Kier molecular flexibility index (Phi) is 2.06. The van der Waals surface area contributed by atoms with Crippen molar-refractivity contribution in [2.45, 2.75) is 6.54 Å². The first-order valence-corrected chi connectivity index (χ1v) is 4.08. The predicted molar refractivity (Wildman–Crippen MR) is 50.2 cm³/mol. The lowest BCUT2D eigenvalue weighted by molar-refractivity contribution is -0.497. The lowest BCUT2D eigenvalue weighted by atomic mass is 10.2. The Morgan fingerprint density at radius 2 is 2.07 bits per heavy atom. The van der Waals surface area contributed by atoms with E-state index >= 15 is 0 Å². The zero-order valence-corrected chi connectivity index (χ0v) is 7.25. The van der Waals surface area contributed by atoms with Crippen LogP contribution in [0.2, 0.25) is 0 Å². The third-order valence-electron chi connectivity index (χ3n) is 1.90. The van der Waals surface area contributed by atoms with E-state index in [1.807, 2.05) is 12.1 Å². The Morgan fingerprint density at radius 3 is 2.86 bits per heavy atom. The van der Waals surface area contributed by atoms with E-state index in [1.54, 1.807) is 12.1 Å². The topological polar surface area (TPSA) is 68.9 Å². The largest absolute Gasteiger partial charge is 0.264 e. The van der Waals surface area contributed by atoms with E-state index in [0.29, 0.717) is 5.69 Å². The lowest BCUT2D eigenvalue weighted by Gasteiger charge is -1.99. The molecule has 1 heterocycles. The van der Waals surface area contributed by atoms with E-state index in [2.05, 4.69) is 9.97 Å². The van der Waals surface area contributed by atoms with Crippen LogP contribution in [0.3, 0.4) is 0 Å². The molecule has 0 fully saturated rings. The maximum atomic E-state index is 10.4. The van der Waals surface area contributed by atoms with Gasteiger partial charge in [0.05, 0.1) is 5.52 Å². The normalized spacial score (nSPS) is 10.3. The van der Waals surface area contributed by atoms with E-state index in [1.165, 1.54) is 6.33 Å². The Labute approximate surface area is 79.6 Å². The Bertz CT molecular complexity index is 479. The van der Waals surface area contributed by atoms with Crippen molar-refractivity contribution in [2.24, 2.45) is 0 Å². The van der Waals surface area contributed by atoms with Gasteiger partial charge < -0.3 is 0 Å². The van der Waals surface area contributed by atoms with Gasteiger partial charge >= 0.3 is 0 Å². The van der Waals surface area contributed by atoms with Crippen molar-refractivity contribution >= 4 is 10.9 Å². The third-order valence-corrected chi connectivity index (χ3v) is 1.90. The first-order chi connectivity index (χ1) is 6.77. The molecule has 0 spiro atoms. The molecule has 2 aromatic rings. The highest BCUT2D eigenvalue weighted by Gasteiger charge is 2.07. The second-order valence-corrected chi connectivity index (χ2v) is 2.83. The Hall–Kier alpha value is -2.04. The maximum absolute atomic E-state index is 10.4. The van der Waals surface area contributed by atoms with Crippen molar-refractivity contribution in [3.05, 3.63) is 46.4 Å². The molecule has 0 aliphatic carbocycles. The summed E-state index contributed by atoms with van der Waals surface area (Å²) in [6, 6.07) is 7.25. The Morgan fingerprint density at radius 1 is 1.29 bits per heavy atom. The quantitative estimate of drug-likeness (QED) is 0.529. The van der Waals surface area contributed by atoms with Crippen LogP contribution in [0.15, 0.2) is 30.6 Å². The SMILES string of the molecule is O=[N+]([O-])Cc1ncnc2ccccc12. The molecular formula is C9H7N3O2. The molecule has 1 aromatic heterocycles. The minimum atomic E-state index is -0.394. The van der Waals surface area contributed by atoms with Crippen LogP contribution in [0.5, 0.6) is 0 Å². The fourth-order valence-corrected chi connectivity index (χ4v) is 1.31. The van der Waals surface area contributed by atoms with Crippen LogP contribution >= 0.6 is 0 Å². The van der Waals surface area contributed by atoms with Gasteiger partial charge in [-0.2, -0.15) is 0 Å². The number of benzene rings is 1. The molecule has 0 saturated carbocycles. The van der Waals surface area contributed by atoms with Gasteiger partial charge in [0, 0.05) is 10.3 Å². The molecule has 0 aliphatic rings. The van der Waals surface area contributed by atoms with Gasteiger partial charge in [0.2, 0.25) is 6.54 Å². The lowest BCUT2D eigenvalue weighted by Crippen LogP contribution is -2.02. The molecule has 5 heteroatoms. The molecule has 5 nitrogen and oxygen atoms in total. The number of hydrogen-bond acceptors (Lipinski definition) is 4. The average Bonchev–Trinajstić information content (AvgIpc) is 2.18. The first kappa shape index (κ1) is 8.55. The molecule has 0 bridgehead atoms. The second kappa shape index (κ2) is 3.37. The monoisotopic (exact) mass is 189 g/mol. The van der Waals surface area contributed by atoms with E-state index in [9.17, 15) is 10.1 Å². The number of nitro groups is 1. The van der Waals surface area contributed by atoms with Crippen molar-refractivity contribution in [3.63, 3.8) is 0 Å². The zero-order chi connectivity index (χ0) is 9.97. The summed E-state index contributed by atoms with van der Waals surface area (Å²) >= 11 is 0. The number of hydrogen-bond donors (Lipinski definition) is 0. The molecule has 0 amide bonds. The van der Waals surface area contributed by atoms with E-state index in [0.717, 1.165) is 10.9 Å². The van der Waals surface area contributed by atoms with Gasteiger partial charge in [0.25, 0.3) is 0 Å². The van der Waals surface area contributed by atoms with Crippen LogP contribution in [-0.4, -0.2) is 14.9 Å². The summed E-state index contributed by atoms with van der Waals surface area (Å²) in [7, 11) is 0. The summed E-state index contributed by atoms with van der Waals surface area (Å²) in [6.45, 7) is -0.261. The maximum Gasteiger partial charge on any atom is 0.246 e. The van der Waals surface area contributed by atoms with Crippen LogP contribution in [0.25, 0.3) is 10.9 Å². The van der Waals surface area contributed by atoms with Crippen LogP contribution in [0, 0.1) is 10.1 Å². The molecule has 1 aromatic carbocycles. The molecular weight excluding hydrogens is 182 g/mol. The van der Waals surface area contributed by atoms with Gasteiger partial charge in [-0.15, -0.1) is 0 Å². The minimum Gasteiger partial charge on any atom is -0.264 e. The number of rotatable bonds is 2. The van der Waals surface area contributed by atoms with Crippen molar-refractivity contribution < 1.29 is 4.92 Å². The van der Waals surface area contributed by atoms with Crippen molar-refractivity contribution in [1.82, 2.24) is 9.97 Å². The number of fused-ring (bicyclic) bond motifs is 1. The Balaban J connectivity index is 2.59. The molecule has 0 atom stereocenters.